The summed E-state index contributed by atoms with van der Waals surface area (Å²) in [5.74, 6) is -0.150. The standard InChI is InChI=1S/C11H13FN2/c1-8-7-9(2)14(13-8)11-5-3-10(12)4-6-11/h3-5,7,11H,6H2,1-2H3. The summed E-state index contributed by atoms with van der Waals surface area (Å²) in [7, 11) is 0. The summed E-state index contributed by atoms with van der Waals surface area (Å²) in [5.41, 5.74) is 2.12. The molecular formula is C11H13FN2. The van der Waals surface area contributed by atoms with Crippen molar-refractivity contribution in [2.24, 2.45) is 0 Å². The van der Waals surface area contributed by atoms with E-state index in [1.807, 2.05) is 30.7 Å². The predicted molar refractivity (Wildman–Crippen MR) is 53.7 cm³/mol. The molecule has 0 bridgehead atoms. The molecule has 0 aliphatic heterocycles. The molecule has 2 rings (SSSR count). The third kappa shape index (κ3) is 1.62. The van der Waals surface area contributed by atoms with E-state index >= 15 is 0 Å². The van der Waals surface area contributed by atoms with Crippen molar-refractivity contribution in [1.29, 1.82) is 0 Å². The van der Waals surface area contributed by atoms with E-state index in [0.29, 0.717) is 6.42 Å². The van der Waals surface area contributed by atoms with Crippen LogP contribution in [0.1, 0.15) is 23.9 Å². The van der Waals surface area contributed by atoms with Gasteiger partial charge in [0.15, 0.2) is 0 Å². The molecule has 0 saturated carbocycles. The molecular weight excluding hydrogens is 179 g/mol. The molecule has 0 amide bonds. The zero-order valence-electron chi connectivity index (χ0n) is 8.37. The summed E-state index contributed by atoms with van der Waals surface area (Å²) >= 11 is 0. The molecule has 0 N–H and O–H groups in total. The topological polar surface area (TPSA) is 17.8 Å². The van der Waals surface area contributed by atoms with Crippen molar-refractivity contribution >= 4 is 0 Å². The van der Waals surface area contributed by atoms with Gasteiger partial charge in [-0.05, 0) is 38.5 Å². The van der Waals surface area contributed by atoms with E-state index in [-0.39, 0.29) is 11.9 Å². The van der Waals surface area contributed by atoms with E-state index < -0.39 is 0 Å². The number of hydrogen-bond donors (Lipinski definition) is 0. The van der Waals surface area contributed by atoms with Crippen LogP contribution in [0.2, 0.25) is 0 Å². The highest BCUT2D eigenvalue weighted by atomic mass is 19.1. The Balaban J connectivity index is 2.25. The van der Waals surface area contributed by atoms with Gasteiger partial charge in [-0.1, -0.05) is 6.08 Å². The number of aromatic nitrogens is 2. The number of hydrogen-bond acceptors (Lipinski definition) is 1. The fourth-order valence-electron chi connectivity index (χ4n) is 1.75. The number of nitrogens with zero attached hydrogens (tertiary/aromatic N) is 2. The fraction of sp³-hybridized carbons (Fsp3) is 0.364. The Kier molecular flexibility index (Phi) is 2.23. The molecule has 3 heteroatoms. The van der Waals surface area contributed by atoms with Gasteiger partial charge in [0, 0.05) is 5.69 Å². The maximum absolute atomic E-state index is 12.7. The second-order valence-corrected chi connectivity index (χ2v) is 3.62. The summed E-state index contributed by atoms with van der Waals surface area (Å²) in [6, 6.07) is 2.20. The second kappa shape index (κ2) is 3.40. The largest absolute Gasteiger partial charge is 0.262 e. The Morgan fingerprint density at radius 2 is 2.29 bits per heavy atom. The van der Waals surface area contributed by atoms with Crippen LogP contribution in [0.15, 0.2) is 30.1 Å². The molecule has 0 aromatic carbocycles. The molecule has 1 aliphatic carbocycles. The molecule has 0 radical (unpaired) electrons. The SMILES string of the molecule is Cc1cc(C)n(C2C=CC(F)=CC2)n1. The van der Waals surface area contributed by atoms with E-state index in [4.69, 9.17) is 0 Å². The first-order valence-electron chi connectivity index (χ1n) is 4.73. The molecule has 1 unspecified atom stereocenters. The summed E-state index contributed by atoms with van der Waals surface area (Å²) in [4.78, 5) is 0. The van der Waals surface area contributed by atoms with Crippen molar-refractivity contribution in [3.8, 4) is 0 Å². The highest BCUT2D eigenvalue weighted by Crippen LogP contribution is 2.22. The van der Waals surface area contributed by atoms with E-state index in [9.17, 15) is 4.39 Å². The molecule has 14 heavy (non-hydrogen) atoms. The number of aryl methyl sites for hydroxylation is 2. The van der Waals surface area contributed by atoms with Crippen LogP contribution in [-0.4, -0.2) is 9.78 Å². The zero-order valence-corrected chi connectivity index (χ0v) is 8.37. The molecule has 1 aliphatic rings. The Morgan fingerprint density at radius 1 is 1.50 bits per heavy atom. The minimum atomic E-state index is -0.150. The van der Waals surface area contributed by atoms with Gasteiger partial charge in [0.25, 0.3) is 0 Å². The minimum Gasteiger partial charge on any atom is -0.262 e. The highest BCUT2D eigenvalue weighted by molar-refractivity contribution is 5.20. The lowest BCUT2D eigenvalue weighted by atomic mass is 10.1. The monoisotopic (exact) mass is 192 g/mol. The van der Waals surface area contributed by atoms with Crippen molar-refractivity contribution in [2.45, 2.75) is 26.3 Å². The van der Waals surface area contributed by atoms with Crippen LogP contribution in [0.5, 0.6) is 0 Å². The molecule has 2 nitrogen and oxygen atoms in total. The van der Waals surface area contributed by atoms with Crippen molar-refractivity contribution in [3.05, 3.63) is 41.5 Å². The predicted octanol–water partition coefficient (Wildman–Crippen LogP) is 2.85. The summed E-state index contributed by atoms with van der Waals surface area (Å²) < 4.78 is 14.7. The Labute approximate surface area is 82.7 Å². The molecule has 1 heterocycles. The van der Waals surface area contributed by atoms with Gasteiger partial charge >= 0.3 is 0 Å². The van der Waals surface area contributed by atoms with Crippen LogP contribution in [0, 0.1) is 13.8 Å². The molecule has 74 valence electrons. The first-order valence-corrected chi connectivity index (χ1v) is 4.73. The number of allylic oxidation sites excluding steroid dienone is 4. The van der Waals surface area contributed by atoms with Crippen molar-refractivity contribution in [2.75, 3.05) is 0 Å². The minimum absolute atomic E-state index is 0.150. The van der Waals surface area contributed by atoms with Gasteiger partial charge < -0.3 is 0 Å². The van der Waals surface area contributed by atoms with E-state index in [0.717, 1.165) is 11.4 Å². The summed E-state index contributed by atoms with van der Waals surface area (Å²) in [6.07, 6.45) is 5.64. The Bertz CT molecular complexity index is 401. The maximum atomic E-state index is 12.7. The first kappa shape index (κ1) is 9.19. The zero-order chi connectivity index (χ0) is 10.1. The van der Waals surface area contributed by atoms with Gasteiger partial charge in [-0.3, -0.25) is 4.68 Å². The fourth-order valence-corrected chi connectivity index (χ4v) is 1.75. The third-order valence-electron chi connectivity index (χ3n) is 2.39. The first-order chi connectivity index (χ1) is 6.66. The van der Waals surface area contributed by atoms with Crippen LogP contribution in [0.25, 0.3) is 0 Å². The smallest absolute Gasteiger partial charge is 0.119 e. The van der Waals surface area contributed by atoms with Crippen LogP contribution >= 0.6 is 0 Å². The molecule has 1 atom stereocenters. The quantitative estimate of drug-likeness (QED) is 0.669. The van der Waals surface area contributed by atoms with E-state index in [1.165, 1.54) is 6.08 Å². The van der Waals surface area contributed by atoms with Gasteiger partial charge in [-0.15, -0.1) is 0 Å². The van der Waals surface area contributed by atoms with Gasteiger partial charge in [0.1, 0.15) is 5.83 Å². The van der Waals surface area contributed by atoms with E-state index in [1.54, 1.807) is 6.08 Å². The second-order valence-electron chi connectivity index (χ2n) is 3.62. The molecule has 1 aromatic heterocycles. The average molecular weight is 192 g/mol. The van der Waals surface area contributed by atoms with Gasteiger partial charge in [0.05, 0.1) is 11.7 Å². The third-order valence-corrected chi connectivity index (χ3v) is 2.39. The molecule has 0 fully saturated rings. The van der Waals surface area contributed by atoms with Crippen LogP contribution < -0.4 is 0 Å². The van der Waals surface area contributed by atoms with Crippen molar-refractivity contribution in [3.63, 3.8) is 0 Å². The molecule has 0 spiro atoms. The average Bonchev–Trinajstić information content (AvgIpc) is 2.47. The van der Waals surface area contributed by atoms with Crippen molar-refractivity contribution in [1.82, 2.24) is 9.78 Å². The Morgan fingerprint density at radius 3 is 2.79 bits per heavy atom. The highest BCUT2D eigenvalue weighted by Gasteiger charge is 2.13. The summed E-state index contributed by atoms with van der Waals surface area (Å²) in [6.45, 7) is 3.98. The maximum Gasteiger partial charge on any atom is 0.119 e. The van der Waals surface area contributed by atoms with Gasteiger partial charge in [-0.25, -0.2) is 4.39 Å². The Hall–Kier alpha value is -1.38. The lowest BCUT2D eigenvalue weighted by Crippen LogP contribution is -2.11. The molecule has 0 saturated heterocycles. The van der Waals surface area contributed by atoms with Crippen LogP contribution in [0.4, 0.5) is 4.39 Å². The number of rotatable bonds is 1. The van der Waals surface area contributed by atoms with Crippen LogP contribution in [-0.2, 0) is 0 Å². The lowest BCUT2D eigenvalue weighted by molar-refractivity contribution is 0.511. The van der Waals surface area contributed by atoms with Crippen molar-refractivity contribution < 1.29 is 4.39 Å². The number of halogens is 1. The summed E-state index contributed by atoms with van der Waals surface area (Å²) in [5, 5.41) is 4.37. The molecule has 1 aromatic rings. The van der Waals surface area contributed by atoms with E-state index in [2.05, 4.69) is 5.10 Å². The van der Waals surface area contributed by atoms with Gasteiger partial charge in [-0.2, -0.15) is 5.10 Å². The van der Waals surface area contributed by atoms with Crippen LogP contribution in [0.3, 0.4) is 0 Å². The van der Waals surface area contributed by atoms with Gasteiger partial charge in [0.2, 0.25) is 0 Å². The normalized spacial score (nSPS) is 21.1. The lowest BCUT2D eigenvalue weighted by Gasteiger charge is -2.15.